The number of hydrogen-bond donors (Lipinski definition) is 2. The summed E-state index contributed by atoms with van der Waals surface area (Å²) in [5.41, 5.74) is 3.20. The molecule has 2 N–H and O–H groups in total. The molecule has 4 heteroatoms. The van der Waals surface area contributed by atoms with Gasteiger partial charge in [0.15, 0.2) is 6.10 Å². The Labute approximate surface area is 128 Å². The molecule has 0 radical (unpaired) electrons. The first-order chi connectivity index (χ1) is 10.1. The summed E-state index contributed by atoms with van der Waals surface area (Å²) in [6, 6.07) is 0.803. The summed E-state index contributed by atoms with van der Waals surface area (Å²) in [6.07, 6.45) is 9.12. The number of hydroxylamine groups is 1. The van der Waals surface area contributed by atoms with Gasteiger partial charge in [0, 0.05) is 12.1 Å². The predicted octanol–water partition coefficient (Wildman–Crippen LogP) is 2.78. The fraction of sp³-hybridized carbons (Fsp3) is 0.941. The van der Waals surface area contributed by atoms with Crippen LogP contribution in [0.15, 0.2) is 0 Å². The summed E-state index contributed by atoms with van der Waals surface area (Å²) in [5.74, 6) is 2.09. The Morgan fingerprint density at radius 1 is 1.10 bits per heavy atom. The topological polar surface area (TPSA) is 50.4 Å². The zero-order valence-electron chi connectivity index (χ0n) is 13.4. The lowest BCUT2D eigenvalue weighted by Gasteiger charge is -2.44. The first-order valence-electron chi connectivity index (χ1n) is 8.85. The van der Waals surface area contributed by atoms with Gasteiger partial charge in [0.05, 0.1) is 0 Å². The van der Waals surface area contributed by atoms with E-state index in [9.17, 15) is 4.79 Å². The molecular weight excluding hydrogens is 264 g/mol. The smallest absolute Gasteiger partial charge is 0.251 e. The monoisotopic (exact) mass is 294 g/mol. The highest BCUT2D eigenvalue weighted by Crippen LogP contribution is 2.38. The van der Waals surface area contributed by atoms with Gasteiger partial charge in [-0.05, 0) is 49.9 Å². The van der Waals surface area contributed by atoms with Crippen LogP contribution in [0.1, 0.15) is 65.2 Å². The standard InChI is InChI=1S/C17H30N2O2/c1-11-8-12(2)16-13(9-11)10-15(21-19-16)17(20)18-14-6-4-3-5-7-14/h11-16,19H,3-10H2,1-2H3,(H,18,20). The van der Waals surface area contributed by atoms with Crippen LogP contribution in [0.25, 0.3) is 0 Å². The third kappa shape index (κ3) is 3.59. The van der Waals surface area contributed by atoms with Crippen LogP contribution in [0.2, 0.25) is 0 Å². The van der Waals surface area contributed by atoms with Crippen molar-refractivity contribution < 1.29 is 9.63 Å². The van der Waals surface area contributed by atoms with E-state index in [0.29, 0.717) is 23.9 Å². The summed E-state index contributed by atoms with van der Waals surface area (Å²) >= 11 is 0. The molecule has 120 valence electrons. The molecule has 5 atom stereocenters. The highest BCUT2D eigenvalue weighted by molar-refractivity contribution is 5.81. The second-order valence-corrected chi connectivity index (χ2v) is 7.64. The summed E-state index contributed by atoms with van der Waals surface area (Å²) in [6.45, 7) is 4.63. The molecule has 3 aliphatic rings. The molecule has 1 aliphatic heterocycles. The van der Waals surface area contributed by atoms with Gasteiger partial charge in [-0.2, -0.15) is 5.48 Å². The minimum absolute atomic E-state index is 0.0960. The molecule has 2 aliphatic carbocycles. The molecule has 1 heterocycles. The van der Waals surface area contributed by atoms with Crippen molar-refractivity contribution in [3.05, 3.63) is 0 Å². The first kappa shape index (κ1) is 15.3. The molecule has 21 heavy (non-hydrogen) atoms. The number of nitrogens with one attached hydrogen (secondary N) is 2. The number of amides is 1. The summed E-state index contributed by atoms with van der Waals surface area (Å²) in [4.78, 5) is 18.1. The molecule has 1 saturated heterocycles. The fourth-order valence-corrected chi connectivity index (χ4v) is 4.65. The second kappa shape index (κ2) is 6.66. The summed E-state index contributed by atoms with van der Waals surface area (Å²) < 4.78 is 0. The van der Waals surface area contributed by atoms with Crippen molar-refractivity contribution in [1.82, 2.24) is 10.8 Å². The summed E-state index contributed by atoms with van der Waals surface area (Å²) in [5, 5.41) is 3.20. The first-order valence-corrected chi connectivity index (χ1v) is 8.85. The van der Waals surface area contributed by atoms with Crippen molar-refractivity contribution in [2.45, 2.75) is 83.4 Å². The van der Waals surface area contributed by atoms with Crippen LogP contribution in [-0.4, -0.2) is 24.1 Å². The maximum absolute atomic E-state index is 12.4. The lowest BCUT2D eigenvalue weighted by atomic mass is 9.71. The van der Waals surface area contributed by atoms with Crippen LogP contribution in [0.5, 0.6) is 0 Å². The van der Waals surface area contributed by atoms with E-state index in [-0.39, 0.29) is 12.0 Å². The molecule has 0 spiro atoms. The van der Waals surface area contributed by atoms with Gasteiger partial charge in [0.25, 0.3) is 5.91 Å². The van der Waals surface area contributed by atoms with Crippen LogP contribution in [0.4, 0.5) is 0 Å². The molecule has 0 aromatic carbocycles. The molecular formula is C17H30N2O2. The van der Waals surface area contributed by atoms with Gasteiger partial charge < -0.3 is 5.32 Å². The molecule has 2 saturated carbocycles. The minimum atomic E-state index is -0.300. The number of hydrogen-bond acceptors (Lipinski definition) is 3. The van der Waals surface area contributed by atoms with Gasteiger partial charge in [-0.15, -0.1) is 0 Å². The van der Waals surface area contributed by atoms with Crippen molar-refractivity contribution in [2.24, 2.45) is 17.8 Å². The zero-order chi connectivity index (χ0) is 14.8. The number of carbonyl (C=O) groups is 1. The Balaban J connectivity index is 1.53. The molecule has 1 amide bonds. The van der Waals surface area contributed by atoms with Crippen LogP contribution in [0, 0.1) is 17.8 Å². The van der Waals surface area contributed by atoms with Crippen molar-refractivity contribution in [1.29, 1.82) is 0 Å². The quantitative estimate of drug-likeness (QED) is 0.823. The van der Waals surface area contributed by atoms with Gasteiger partial charge in [-0.25, -0.2) is 0 Å². The number of rotatable bonds is 2. The Morgan fingerprint density at radius 2 is 1.86 bits per heavy atom. The largest absolute Gasteiger partial charge is 0.351 e. The molecule has 3 fully saturated rings. The average molecular weight is 294 g/mol. The van der Waals surface area contributed by atoms with Gasteiger partial charge in [0.2, 0.25) is 0 Å². The molecule has 0 aromatic heterocycles. The molecule has 4 nitrogen and oxygen atoms in total. The Bertz CT molecular complexity index is 368. The maximum Gasteiger partial charge on any atom is 0.251 e. The SMILES string of the molecule is CC1CC(C)C2NOC(C(=O)NC3CCCCC3)CC2C1. The Hall–Kier alpha value is -0.610. The van der Waals surface area contributed by atoms with Gasteiger partial charge >= 0.3 is 0 Å². The van der Waals surface area contributed by atoms with E-state index >= 15 is 0 Å². The van der Waals surface area contributed by atoms with E-state index in [0.717, 1.165) is 25.2 Å². The third-order valence-electron chi connectivity index (χ3n) is 5.71. The highest BCUT2D eigenvalue weighted by Gasteiger charge is 2.41. The van der Waals surface area contributed by atoms with Crippen LogP contribution in [-0.2, 0) is 9.63 Å². The van der Waals surface area contributed by atoms with E-state index in [1.54, 1.807) is 0 Å². The van der Waals surface area contributed by atoms with Crippen molar-refractivity contribution in [3.8, 4) is 0 Å². The number of carbonyl (C=O) groups excluding carboxylic acids is 1. The van der Waals surface area contributed by atoms with Crippen LogP contribution >= 0.6 is 0 Å². The van der Waals surface area contributed by atoms with Gasteiger partial charge in [0.1, 0.15) is 0 Å². The van der Waals surface area contributed by atoms with Crippen molar-refractivity contribution in [2.75, 3.05) is 0 Å². The normalized spacial score (nSPS) is 41.3. The second-order valence-electron chi connectivity index (χ2n) is 7.64. The van der Waals surface area contributed by atoms with E-state index in [1.807, 2.05) is 0 Å². The van der Waals surface area contributed by atoms with Crippen molar-refractivity contribution in [3.63, 3.8) is 0 Å². The van der Waals surface area contributed by atoms with Gasteiger partial charge in [-0.3, -0.25) is 9.63 Å². The average Bonchev–Trinajstić information content (AvgIpc) is 2.47. The van der Waals surface area contributed by atoms with Gasteiger partial charge in [-0.1, -0.05) is 33.1 Å². The van der Waals surface area contributed by atoms with E-state index < -0.39 is 0 Å². The highest BCUT2D eigenvalue weighted by atomic mass is 16.7. The molecule has 0 bridgehead atoms. The van der Waals surface area contributed by atoms with Crippen LogP contribution in [0.3, 0.4) is 0 Å². The number of fused-ring (bicyclic) bond motifs is 1. The lowest BCUT2D eigenvalue weighted by Crippen LogP contribution is -2.56. The van der Waals surface area contributed by atoms with E-state index in [4.69, 9.17) is 4.84 Å². The third-order valence-corrected chi connectivity index (χ3v) is 5.71. The lowest BCUT2D eigenvalue weighted by molar-refractivity contribution is -0.160. The summed E-state index contributed by atoms with van der Waals surface area (Å²) in [7, 11) is 0. The maximum atomic E-state index is 12.4. The Kier molecular flexibility index (Phi) is 4.85. The van der Waals surface area contributed by atoms with Crippen LogP contribution < -0.4 is 10.8 Å². The molecule has 3 rings (SSSR count). The van der Waals surface area contributed by atoms with E-state index in [2.05, 4.69) is 24.6 Å². The van der Waals surface area contributed by atoms with Crippen molar-refractivity contribution >= 4 is 5.91 Å². The minimum Gasteiger partial charge on any atom is -0.351 e. The fourth-order valence-electron chi connectivity index (χ4n) is 4.65. The Morgan fingerprint density at radius 3 is 2.62 bits per heavy atom. The van der Waals surface area contributed by atoms with E-state index in [1.165, 1.54) is 32.1 Å². The zero-order valence-corrected chi connectivity index (χ0v) is 13.4. The predicted molar refractivity (Wildman–Crippen MR) is 82.5 cm³/mol. The molecule has 5 unspecified atom stereocenters. The molecule has 0 aromatic rings.